The Bertz CT molecular complexity index is 698. The van der Waals surface area contributed by atoms with E-state index in [0.717, 1.165) is 30.7 Å². The van der Waals surface area contributed by atoms with Crippen LogP contribution in [0.1, 0.15) is 24.4 Å². The van der Waals surface area contributed by atoms with E-state index in [1.165, 1.54) is 6.33 Å². The van der Waals surface area contributed by atoms with Gasteiger partial charge in [0.15, 0.2) is 0 Å². The van der Waals surface area contributed by atoms with Crippen LogP contribution in [0.15, 0.2) is 30.6 Å². The van der Waals surface area contributed by atoms with Gasteiger partial charge in [-0.2, -0.15) is 0 Å². The van der Waals surface area contributed by atoms with E-state index in [0.29, 0.717) is 5.82 Å². The summed E-state index contributed by atoms with van der Waals surface area (Å²) in [5.74, 6) is 1.27. The van der Waals surface area contributed by atoms with E-state index >= 15 is 0 Å². The molecule has 0 radical (unpaired) electrons. The van der Waals surface area contributed by atoms with Gasteiger partial charge in [0.1, 0.15) is 5.75 Å². The predicted octanol–water partition coefficient (Wildman–Crippen LogP) is 2.68. The third-order valence-corrected chi connectivity index (χ3v) is 4.08. The maximum atomic E-state index is 11.2. The lowest BCUT2D eigenvalue weighted by atomic mass is 10.0. The minimum Gasteiger partial charge on any atom is -0.496 e. The number of hydrogen-bond acceptors (Lipinski definition) is 5. The lowest BCUT2D eigenvalue weighted by Gasteiger charge is -2.27. The second-order valence-electron chi connectivity index (χ2n) is 5.35. The number of hydrogen-bond donors (Lipinski definition) is 0. The van der Waals surface area contributed by atoms with Crippen molar-refractivity contribution in [1.82, 2.24) is 9.55 Å². The largest absolute Gasteiger partial charge is 0.496 e. The standard InChI is InChI=1S/C15H18N4O3/c1-17-10-16-14(19(20)21)15(17)18-9-5-7-12(18)11-6-3-4-8-13(11)22-2/h3-4,6,8,10,12H,5,7,9H2,1-2H3. The average molecular weight is 302 g/mol. The predicted molar refractivity (Wildman–Crippen MR) is 82.2 cm³/mol. The van der Waals surface area contributed by atoms with Crippen molar-refractivity contribution in [3.63, 3.8) is 0 Å². The Balaban J connectivity index is 2.04. The van der Waals surface area contributed by atoms with Gasteiger partial charge in [-0.1, -0.05) is 18.2 Å². The molecule has 116 valence electrons. The minimum absolute atomic E-state index is 0.0604. The van der Waals surface area contributed by atoms with Gasteiger partial charge in [0.25, 0.3) is 0 Å². The minimum atomic E-state index is -0.424. The third-order valence-electron chi connectivity index (χ3n) is 4.08. The molecule has 0 spiro atoms. The highest BCUT2D eigenvalue weighted by molar-refractivity contribution is 5.58. The summed E-state index contributed by atoms with van der Waals surface area (Å²) in [5, 5.41) is 11.2. The second kappa shape index (κ2) is 5.67. The highest BCUT2D eigenvalue weighted by atomic mass is 16.6. The molecule has 0 N–H and O–H groups in total. The van der Waals surface area contributed by atoms with Crippen molar-refractivity contribution in [2.45, 2.75) is 18.9 Å². The normalized spacial score (nSPS) is 17.7. The van der Waals surface area contributed by atoms with Gasteiger partial charge in [0.2, 0.25) is 12.1 Å². The van der Waals surface area contributed by atoms with Gasteiger partial charge in [0.05, 0.1) is 13.2 Å². The van der Waals surface area contributed by atoms with Gasteiger partial charge in [-0.05, 0) is 28.8 Å². The molecule has 7 nitrogen and oxygen atoms in total. The first-order valence-corrected chi connectivity index (χ1v) is 7.18. The summed E-state index contributed by atoms with van der Waals surface area (Å²) in [6.07, 6.45) is 3.40. The Morgan fingerprint density at radius 2 is 2.18 bits per heavy atom. The Kier molecular flexibility index (Phi) is 3.70. The first-order valence-electron chi connectivity index (χ1n) is 7.18. The van der Waals surface area contributed by atoms with Gasteiger partial charge in [0, 0.05) is 19.2 Å². The number of ether oxygens (including phenoxy) is 1. The molecule has 0 aliphatic carbocycles. The van der Waals surface area contributed by atoms with Gasteiger partial charge in [-0.25, -0.2) is 0 Å². The number of aromatic nitrogens is 2. The molecule has 0 saturated carbocycles. The fourth-order valence-corrected chi connectivity index (χ4v) is 3.16. The summed E-state index contributed by atoms with van der Waals surface area (Å²) in [4.78, 5) is 16.8. The van der Waals surface area contributed by atoms with Crippen molar-refractivity contribution in [2.75, 3.05) is 18.6 Å². The van der Waals surface area contributed by atoms with Crippen molar-refractivity contribution in [1.29, 1.82) is 0 Å². The molecule has 1 aromatic heterocycles. The summed E-state index contributed by atoms with van der Waals surface area (Å²) in [7, 11) is 3.43. The van der Waals surface area contributed by atoms with Crippen LogP contribution < -0.4 is 9.64 Å². The maximum absolute atomic E-state index is 11.2. The van der Waals surface area contributed by atoms with Crippen LogP contribution in [0.3, 0.4) is 0 Å². The Labute approximate surface area is 128 Å². The number of anilines is 1. The smallest absolute Gasteiger partial charge is 0.406 e. The molecule has 0 bridgehead atoms. The molecule has 1 atom stereocenters. The SMILES string of the molecule is COc1ccccc1C1CCCN1c1c([N+](=O)[O-])ncn1C. The zero-order valence-corrected chi connectivity index (χ0v) is 12.6. The number of para-hydroxylation sites is 1. The molecular formula is C15H18N4O3. The van der Waals surface area contributed by atoms with Crippen molar-refractivity contribution >= 4 is 11.6 Å². The fourth-order valence-electron chi connectivity index (χ4n) is 3.16. The number of nitrogens with zero attached hydrogens (tertiary/aromatic N) is 4. The van der Waals surface area contributed by atoms with Gasteiger partial charge >= 0.3 is 5.82 Å². The average Bonchev–Trinajstić information content (AvgIpc) is 3.13. The van der Waals surface area contributed by atoms with Crippen molar-refractivity contribution in [3.05, 3.63) is 46.3 Å². The van der Waals surface area contributed by atoms with E-state index < -0.39 is 4.92 Å². The lowest BCUT2D eigenvalue weighted by molar-refractivity contribution is -0.388. The van der Waals surface area contributed by atoms with Gasteiger partial charge < -0.3 is 19.8 Å². The summed E-state index contributed by atoms with van der Waals surface area (Å²) in [6.45, 7) is 0.767. The van der Waals surface area contributed by atoms with Crippen LogP contribution in [0.25, 0.3) is 0 Å². The van der Waals surface area contributed by atoms with Crippen molar-refractivity contribution in [2.24, 2.45) is 7.05 Å². The van der Waals surface area contributed by atoms with E-state index in [9.17, 15) is 10.1 Å². The molecule has 3 rings (SSSR count). The van der Waals surface area contributed by atoms with E-state index in [1.807, 2.05) is 24.3 Å². The summed E-state index contributed by atoms with van der Waals surface area (Å²) >= 11 is 0. The topological polar surface area (TPSA) is 73.4 Å². The molecule has 0 amide bonds. The monoisotopic (exact) mass is 302 g/mol. The molecule has 2 aromatic rings. The van der Waals surface area contributed by atoms with E-state index in [-0.39, 0.29) is 11.9 Å². The zero-order chi connectivity index (χ0) is 15.7. The molecule has 7 heteroatoms. The molecule has 1 aliphatic heterocycles. The summed E-state index contributed by atoms with van der Waals surface area (Å²) < 4.78 is 7.16. The second-order valence-corrected chi connectivity index (χ2v) is 5.35. The molecule has 1 aliphatic rings. The van der Waals surface area contributed by atoms with Crippen LogP contribution in [0, 0.1) is 10.1 Å². The number of aryl methyl sites for hydroxylation is 1. The fraction of sp³-hybridized carbons (Fsp3) is 0.400. The summed E-state index contributed by atoms with van der Waals surface area (Å²) in [5.41, 5.74) is 1.05. The number of nitro groups is 1. The molecule has 2 heterocycles. The lowest BCUT2D eigenvalue weighted by Crippen LogP contribution is -2.25. The molecule has 1 saturated heterocycles. The first kappa shape index (κ1) is 14.4. The quantitative estimate of drug-likeness (QED) is 0.641. The van der Waals surface area contributed by atoms with Crippen LogP contribution in [0.5, 0.6) is 5.75 Å². The van der Waals surface area contributed by atoms with Crippen molar-refractivity contribution in [3.8, 4) is 5.75 Å². The number of rotatable bonds is 4. The molecule has 1 aromatic carbocycles. The van der Waals surface area contributed by atoms with Gasteiger partial charge in [-0.15, -0.1) is 0 Å². The molecular weight excluding hydrogens is 284 g/mol. The first-order chi connectivity index (χ1) is 10.6. The van der Waals surface area contributed by atoms with Gasteiger partial charge in [-0.3, -0.25) is 4.57 Å². The Morgan fingerprint density at radius 1 is 1.41 bits per heavy atom. The maximum Gasteiger partial charge on any atom is 0.406 e. The van der Waals surface area contributed by atoms with E-state index in [2.05, 4.69) is 9.88 Å². The highest BCUT2D eigenvalue weighted by Crippen LogP contribution is 2.42. The van der Waals surface area contributed by atoms with Crippen LogP contribution in [0.2, 0.25) is 0 Å². The highest BCUT2D eigenvalue weighted by Gasteiger charge is 2.35. The molecule has 1 fully saturated rings. The number of imidazole rings is 1. The summed E-state index contributed by atoms with van der Waals surface area (Å²) in [6, 6.07) is 7.89. The van der Waals surface area contributed by atoms with Crippen LogP contribution in [0.4, 0.5) is 11.6 Å². The molecule has 22 heavy (non-hydrogen) atoms. The van der Waals surface area contributed by atoms with Crippen LogP contribution >= 0.6 is 0 Å². The number of methoxy groups -OCH3 is 1. The van der Waals surface area contributed by atoms with E-state index in [1.54, 1.807) is 18.7 Å². The van der Waals surface area contributed by atoms with Crippen molar-refractivity contribution < 1.29 is 9.66 Å². The van der Waals surface area contributed by atoms with E-state index in [4.69, 9.17) is 4.74 Å². The Morgan fingerprint density at radius 3 is 2.91 bits per heavy atom. The molecule has 1 unspecified atom stereocenters. The zero-order valence-electron chi connectivity index (χ0n) is 12.6. The third kappa shape index (κ3) is 2.28. The van der Waals surface area contributed by atoms with Crippen LogP contribution in [-0.4, -0.2) is 28.1 Å². The number of benzene rings is 1. The van der Waals surface area contributed by atoms with Crippen LogP contribution in [-0.2, 0) is 7.05 Å². The Hall–Kier alpha value is -2.57.